The fourth-order valence-corrected chi connectivity index (χ4v) is 4.31. The van der Waals surface area contributed by atoms with Gasteiger partial charge in [-0.3, -0.25) is 10.1 Å². The molecule has 4 rings (SSSR count). The minimum Gasteiger partial charge on any atom is -0.296 e. The van der Waals surface area contributed by atoms with Crippen molar-refractivity contribution in [1.29, 1.82) is 0 Å². The van der Waals surface area contributed by atoms with Gasteiger partial charge in [-0.25, -0.2) is 4.98 Å². The largest absolute Gasteiger partial charge is 0.296 e. The number of amides is 1. The van der Waals surface area contributed by atoms with Crippen molar-refractivity contribution < 1.29 is 4.79 Å². The number of aromatic nitrogens is 3. The van der Waals surface area contributed by atoms with Crippen molar-refractivity contribution in [3.8, 4) is 0 Å². The highest BCUT2D eigenvalue weighted by atomic mass is 35.5. The fourth-order valence-electron chi connectivity index (χ4n) is 2.45. The van der Waals surface area contributed by atoms with Gasteiger partial charge in [0.15, 0.2) is 4.34 Å². The number of halogens is 1. The summed E-state index contributed by atoms with van der Waals surface area (Å²) in [7, 11) is 0. The Hall–Kier alpha value is -2.48. The zero-order chi connectivity index (χ0) is 18.6. The third kappa shape index (κ3) is 4.44. The van der Waals surface area contributed by atoms with Gasteiger partial charge in [0.05, 0.1) is 5.52 Å². The first-order valence-corrected chi connectivity index (χ1v) is 10.2. The second kappa shape index (κ2) is 8.04. The topological polar surface area (TPSA) is 67.8 Å². The molecule has 0 bridgehead atoms. The summed E-state index contributed by atoms with van der Waals surface area (Å²) >= 11 is 8.84. The zero-order valence-electron chi connectivity index (χ0n) is 13.9. The second-order valence-corrected chi connectivity index (χ2v) is 8.23. The van der Waals surface area contributed by atoms with Crippen molar-refractivity contribution in [3.05, 3.63) is 76.9 Å². The number of nitrogens with one attached hydrogen (secondary N) is 1. The number of benzene rings is 2. The first-order chi connectivity index (χ1) is 13.2. The van der Waals surface area contributed by atoms with Gasteiger partial charge < -0.3 is 0 Å². The molecule has 1 N–H and O–H groups in total. The molecule has 0 aliphatic heterocycles. The van der Waals surface area contributed by atoms with Gasteiger partial charge in [0.1, 0.15) is 5.15 Å². The van der Waals surface area contributed by atoms with Gasteiger partial charge in [-0.1, -0.05) is 65.0 Å². The van der Waals surface area contributed by atoms with Crippen LogP contribution in [0.3, 0.4) is 0 Å². The van der Waals surface area contributed by atoms with Gasteiger partial charge in [0, 0.05) is 16.7 Å². The Morgan fingerprint density at radius 3 is 2.78 bits per heavy atom. The molecule has 2 heterocycles. The lowest BCUT2D eigenvalue weighted by molar-refractivity contribution is 0.102. The Morgan fingerprint density at radius 2 is 1.93 bits per heavy atom. The summed E-state index contributed by atoms with van der Waals surface area (Å²) in [6.07, 6.45) is 0. The summed E-state index contributed by atoms with van der Waals surface area (Å²) in [5.41, 5.74) is 2.49. The predicted molar refractivity (Wildman–Crippen MR) is 111 cm³/mol. The monoisotopic (exact) mass is 412 g/mol. The van der Waals surface area contributed by atoms with E-state index in [0.29, 0.717) is 15.8 Å². The zero-order valence-corrected chi connectivity index (χ0v) is 16.3. The van der Waals surface area contributed by atoms with Gasteiger partial charge in [-0.15, -0.1) is 10.2 Å². The molecule has 0 fully saturated rings. The minimum absolute atomic E-state index is 0.234. The van der Waals surface area contributed by atoms with Gasteiger partial charge in [-0.05, 0) is 35.9 Å². The van der Waals surface area contributed by atoms with Gasteiger partial charge in [0.25, 0.3) is 5.91 Å². The molecular formula is C19H13ClN4OS2. The molecule has 1 amide bonds. The smallest absolute Gasteiger partial charge is 0.257 e. The molecule has 4 aromatic rings. The van der Waals surface area contributed by atoms with Crippen molar-refractivity contribution in [2.45, 2.75) is 10.1 Å². The van der Waals surface area contributed by atoms with Crippen LogP contribution in [0, 0.1) is 0 Å². The molecular weight excluding hydrogens is 400 g/mol. The molecule has 27 heavy (non-hydrogen) atoms. The Balaban J connectivity index is 1.42. The standard InChI is InChI=1S/C19H13ClN4OS2/c20-16-9-7-13-10-14(6-8-15(13)21-16)17(25)22-18-23-24-19(27-18)26-11-12-4-2-1-3-5-12/h1-10H,11H2,(H,22,23,25). The van der Waals surface area contributed by atoms with E-state index in [1.807, 2.05) is 24.3 Å². The van der Waals surface area contributed by atoms with Gasteiger partial charge >= 0.3 is 0 Å². The third-order valence-corrected chi connectivity index (χ3v) is 6.00. The summed E-state index contributed by atoms with van der Waals surface area (Å²) < 4.78 is 0.812. The highest BCUT2D eigenvalue weighted by Gasteiger charge is 2.11. The van der Waals surface area contributed by atoms with Crippen LogP contribution in [0.4, 0.5) is 5.13 Å². The maximum atomic E-state index is 12.5. The summed E-state index contributed by atoms with van der Waals surface area (Å²) in [4.78, 5) is 16.7. The molecule has 0 saturated carbocycles. The number of rotatable bonds is 5. The summed E-state index contributed by atoms with van der Waals surface area (Å²) in [6.45, 7) is 0. The number of anilines is 1. The number of nitrogens with zero attached hydrogens (tertiary/aromatic N) is 3. The normalized spacial score (nSPS) is 10.9. The number of pyridine rings is 1. The lowest BCUT2D eigenvalue weighted by atomic mass is 10.1. The summed E-state index contributed by atoms with van der Waals surface area (Å²) in [5, 5.41) is 12.7. The summed E-state index contributed by atoms with van der Waals surface area (Å²) in [5.74, 6) is 0.575. The van der Waals surface area contributed by atoms with Crippen LogP contribution in [-0.4, -0.2) is 21.1 Å². The molecule has 0 radical (unpaired) electrons. The van der Waals surface area contributed by atoms with Crippen LogP contribution < -0.4 is 5.32 Å². The van der Waals surface area contributed by atoms with E-state index >= 15 is 0 Å². The van der Waals surface area contributed by atoms with Crippen molar-refractivity contribution in [2.24, 2.45) is 0 Å². The van der Waals surface area contributed by atoms with E-state index in [2.05, 4.69) is 32.6 Å². The van der Waals surface area contributed by atoms with E-state index < -0.39 is 0 Å². The van der Waals surface area contributed by atoms with Crippen LogP contribution in [0.25, 0.3) is 10.9 Å². The van der Waals surface area contributed by atoms with Crippen LogP contribution in [0.15, 0.2) is 65.0 Å². The van der Waals surface area contributed by atoms with Crippen LogP contribution in [0.2, 0.25) is 5.15 Å². The Labute approximate surface area is 168 Å². The van der Waals surface area contributed by atoms with Crippen LogP contribution in [-0.2, 0) is 5.75 Å². The van der Waals surface area contributed by atoms with Crippen molar-refractivity contribution >= 4 is 56.6 Å². The Morgan fingerprint density at radius 1 is 1.07 bits per heavy atom. The quantitative estimate of drug-likeness (QED) is 0.274. The van der Waals surface area contributed by atoms with Crippen molar-refractivity contribution in [2.75, 3.05) is 5.32 Å². The number of carbonyl (C=O) groups excluding carboxylic acids is 1. The number of hydrogen-bond donors (Lipinski definition) is 1. The Bertz CT molecular complexity index is 1100. The van der Waals surface area contributed by atoms with E-state index in [1.54, 1.807) is 36.0 Å². The van der Waals surface area contributed by atoms with E-state index in [-0.39, 0.29) is 5.91 Å². The first-order valence-electron chi connectivity index (χ1n) is 8.05. The predicted octanol–water partition coefficient (Wildman–Crippen LogP) is 5.28. The van der Waals surface area contributed by atoms with E-state index in [4.69, 9.17) is 11.6 Å². The minimum atomic E-state index is -0.234. The molecule has 0 unspecified atom stereocenters. The first kappa shape index (κ1) is 17.9. The Kier molecular flexibility index (Phi) is 5.33. The van der Waals surface area contributed by atoms with E-state index in [0.717, 1.165) is 21.0 Å². The van der Waals surface area contributed by atoms with Crippen molar-refractivity contribution in [3.63, 3.8) is 0 Å². The van der Waals surface area contributed by atoms with E-state index in [1.165, 1.54) is 16.9 Å². The molecule has 0 aliphatic rings. The molecule has 0 saturated heterocycles. The second-order valence-electron chi connectivity index (χ2n) is 5.64. The maximum absolute atomic E-state index is 12.5. The fraction of sp³-hybridized carbons (Fsp3) is 0.0526. The van der Waals surface area contributed by atoms with Crippen LogP contribution in [0.5, 0.6) is 0 Å². The third-order valence-electron chi connectivity index (χ3n) is 3.75. The molecule has 2 aromatic carbocycles. The van der Waals surface area contributed by atoms with Gasteiger partial charge in [-0.2, -0.15) is 0 Å². The molecule has 0 aliphatic carbocycles. The number of carbonyl (C=O) groups is 1. The molecule has 0 atom stereocenters. The highest BCUT2D eigenvalue weighted by molar-refractivity contribution is 8.00. The molecule has 2 aromatic heterocycles. The lowest BCUT2D eigenvalue weighted by Crippen LogP contribution is -2.11. The molecule has 134 valence electrons. The maximum Gasteiger partial charge on any atom is 0.257 e. The molecule has 8 heteroatoms. The molecule has 5 nitrogen and oxygen atoms in total. The lowest BCUT2D eigenvalue weighted by Gasteiger charge is -2.03. The van der Waals surface area contributed by atoms with E-state index in [9.17, 15) is 4.79 Å². The van der Waals surface area contributed by atoms with Crippen LogP contribution >= 0.6 is 34.7 Å². The number of thioether (sulfide) groups is 1. The average molecular weight is 413 g/mol. The number of hydrogen-bond acceptors (Lipinski definition) is 6. The highest BCUT2D eigenvalue weighted by Crippen LogP contribution is 2.28. The van der Waals surface area contributed by atoms with Gasteiger partial charge in [0.2, 0.25) is 5.13 Å². The van der Waals surface area contributed by atoms with Crippen molar-refractivity contribution in [1.82, 2.24) is 15.2 Å². The van der Waals surface area contributed by atoms with Crippen LogP contribution in [0.1, 0.15) is 15.9 Å². The molecule has 0 spiro atoms. The average Bonchev–Trinajstić information content (AvgIpc) is 3.14. The SMILES string of the molecule is O=C(Nc1nnc(SCc2ccccc2)s1)c1ccc2nc(Cl)ccc2c1. The summed E-state index contributed by atoms with van der Waals surface area (Å²) in [6, 6.07) is 19.0. The number of fused-ring (bicyclic) bond motifs is 1.